The number of rotatable bonds is 3. The lowest BCUT2D eigenvalue weighted by Gasteiger charge is -2.05. The molecule has 1 aromatic heterocycles. The molecule has 0 aliphatic carbocycles. The summed E-state index contributed by atoms with van der Waals surface area (Å²) in [5.74, 6) is 0.739. The molecule has 4 nitrogen and oxygen atoms in total. The molecule has 0 fully saturated rings. The van der Waals surface area contributed by atoms with Crippen LogP contribution in [0.25, 0.3) is 0 Å². The number of benzene rings is 1. The van der Waals surface area contributed by atoms with Crippen molar-refractivity contribution in [3.05, 3.63) is 46.0 Å². The van der Waals surface area contributed by atoms with Crippen LogP contribution in [0.5, 0.6) is 0 Å². The quantitative estimate of drug-likeness (QED) is 0.816. The standard InChI is InChI=1S/C12H12BrN3O/c1-8-5-9(13)3-4-10(8)11(17)6-12-14-7-15-16(12)2/h3-5,7H,6H2,1-2H3. The first-order valence-electron chi connectivity index (χ1n) is 5.20. The topological polar surface area (TPSA) is 47.8 Å². The van der Waals surface area contributed by atoms with Gasteiger partial charge in [0.15, 0.2) is 5.78 Å². The van der Waals surface area contributed by atoms with Gasteiger partial charge < -0.3 is 0 Å². The molecule has 1 aromatic carbocycles. The van der Waals surface area contributed by atoms with Gasteiger partial charge >= 0.3 is 0 Å². The second-order valence-electron chi connectivity index (χ2n) is 3.86. The van der Waals surface area contributed by atoms with E-state index in [-0.39, 0.29) is 12.2 Å². The first-order valence-corrected chi connectivity index (χ1v) is 5.99. The summed E-state index contributed by atoms with van der Waals surface area (Å²) in [6.07, 6.45) is 1.73. The molecule has 0 aliphatic rings. The molecule has 5 heteroatoms. The van der Waals surface area contributed by atoms with Gasteiger partial charge in [0, 0.05) is 17.1 Å². The molecule has 17 heavy (non-hydrogen) atoms. The van der Waals surface area contributed by atoms with Crippen LogP contribution in [0.3, 0.4) is 0 Å². The van der Waals surface area contributed by atoms with Crippen molar-refractivity contribution in [1.29, 1.82) is 0 Å². The SMILES string of the molecule is Cc1cc(Br)ccc1C(=O)Cc1ncnn1C. The molecular weight excluding hydrogens is 282 g/mol. The van der Waals surface area contributed by atoms with Gasteiger partial charge in [-0.25, -0.2) is 4.98 Å². The van der Waals surface area contributed by atoms with Gasteiger partial charge in [0.05, 0.1) is 6.42 Å². The predicted molar refractivity (Wildman–Crippen MR) is 67.9 cm³/mol. The molecule has 1 heterocycles. The van der Waals surface area contributed by atoms with Crippen molar-refractivity contribution >= 4 is 21.7 Å². The number of Topliss-reactive ketones (excluding diaryl/α,β-unsaturated/α-hetero) is 1. The number of ketones is 1. The predicted octanol–water partition coefficient (Wildman–Crippen LogP) is 2.31. The number of aromatic nitrogens is 3. The molecule has 0 N–H and O–H groups in total. The maximum atomic E-state index is 12.1. The number of halogens is 1. The average molecular weight is 294 g/mol. The van der Waals surface area contributed by atoms with Crippen molar-refractivity contribution in [1.82, 2.24) is 14.8 Å². The van der Waals surface area contributed by atoms with Crippen LogP contribution in [-0.4, -0.2) is 20.5 Å². The van der Waals surface area contributed by atoms with Crippen LogP contribution >= 0.6 is 15.9 Å². The van der Waals surface area contributed by atoms with Crippen molar-refractivity contribution in [3.8, 4) is 0 Å². The highest BCUT2D eigenvalue weighted by atomic mass is 79.9. The molecule has 0 amide bonds. The second kappa shape index (κ2) is 4.79. The van der Waals surface area contributed by atoms with Crippen LogP contribution in [0.4, 0.5) is 0 Å². The molecule has 0 spiro atoms. The summed E-state index contributed by atoms with van der Waals surface area (Å²) in [7, 11) is 1.78. The highest BCUT2D eigenvalue weighted by molar-refractivity contribution is 9.10. The van der Waals surface area contributed by atoms with Crippen molar-refractivity contribution in [2.45, 2.75) is 13.3 Å². The maximum absolute atomic E-state index is 12.1. The Balaban J connectivity index is 2.23. The van der Waals surface area contributed by atoms with Crippen molar-refractivity contribution in [3.63, 3.8) is 0 Å². The number of hydrogen-bond donors (Lipinski definition) is 0. The Kier molecular flexibility index (Phi) is 3.38. The number of hydrogen-bond acceptors (Lipinski definition) is 3. The Hall–Kier alpha value is -1.49. The van der Waals surface area contributed by atoms with E-state index in [9.17, 15) is 4.79 Å². The highest BCUT2D eigenvalue weighted by Crippen LogP contribution is 2.17. The minimum Gasteiger partial charge on any atom is -0.294 e. The van der Waals surface area contributed by atoms with E-state index >= 15 is 0 Å². The Morgan fingerprint density at radius 2 is 2.24 bits per heavy atom. The average Bonchev–Trinajstić information content (AvgIpc) is 2.64. The van der Waals surface area contributed by atoms with Gasteiger partial charge in [-0.1, -0.05) is 22.0 Å². The molecule has 0 atom stereocenters. The molecule has 0 unspecified atom stereocenters. The minimum atomic E-state index is 0.0612. The lowest BCUT2D eigenvalue weighted by molar-refractivity contribution is 0.0989. The van der Waals surface area contributed by atoms with Crippen molar-refractivity contribution < 1.29 is 4.79 Å². The number of carbonyl (C=O) groups is 1. The molecule has 0 saturated heterocycles. The number of nitrogens with zero attached hydrogens (tertiary/aromatic N) is 3. The molecule has 88 valence electrons. The summed E-state index contributed by atoms with van der Waals surface area (Å²) >= 11 is 3.38. The summed E-state index contributed by atoms with van der Waals surface area (Å²) in [6, 6.07) is 5.64. The van der Waals surface area contributed by atoms with E-state index in [1.165, 1.54) is 6.33 Å². The zero-order valence-corrected chi connectivity index (χ0v) is 11.2. The van der Waals surface area contributed by atoms with Gasteiger partial charge in [-0.2, -0.15) is 5.10 Å². The van der Waals surface area contributed by atoms with Crippen LogP contribution in [0.2, 0.25) is 0 Å². The fraction of sp³-hybridized carbons (Fsp3) is 0.250. The molecule has 0 aliphatic heterocycles. The fourth-order valence-electron chi connectivity index (χ4n) is 1.66. The summed E-state index contributed by atoms with van der Waals surface area (Å²) < 4.78 is 2.59. The van der Waals surface area contributed by atoms with E-state index < -0.39 is 0 Å². The summed E-state index contributed by atoms with van der Waals surface area (Å²) in [5.41, 5.74) is 1.70. The molecule has 0 radical (unpaired) electrons. The van der Waals surface area contributed by atoms with Crippen LogP contribution in [0, 0.1) is 6.92 Å². The van der Waals surface area contributed by atoms with E-state index in [4.69, 9.17) is 0 Å². The first kappa shape index (κ1) is 12.0. The van der Waals surface area contributed by atoms with Crippen LogP contribution < -0.4 is 0 Å². The van der Waals surface area contributed by atoms with Gasteiger partial charge in [-0.05, 0) is 24.6 Å². The van der Waals surface area contributed by atoms with Crippen LogP contribution in [-0.2, 0) is 13.5 Å². The van der Waals surface area contributed by atoms with Crippen molar-refractivity contribution in [2.75, 3.05) is 0 Å². The first-order chi connectivity index (χ1) is 8.08. The second-order valence-corrected chi connectivity index (χ2v) is 4.77. The van der Waals surface area contributed by atoms with E-state index in [0.717, 1.165) is 15.6 Å². The van der Waals surface area contributed by atoms with Crippen molar-refractivity contribution in [2.24, 2.45) is 7.05 Å². The van der Waals surface area contributed by atoms with Crippen LogP contribution in [0.15, 0.2) is 29.0 Å². The van der Waals surface area contributed by atoms with E-state index in [2.05, 4.69) is 26.0 Å². The molecule has 2 rings (SSSR count). The Labute approximate surface area is 108 Å². The van der Waals surface area contributed by atoms with Crippen LogP contribution in [0.1, 0.15) is 21.7 Å². The largest absolute Gasteiger partial charge is 0.294 e. The highest BCUT2D eigenvalue weighted by Gasteiger charge is 2.12. The third-order valence-electron chi connectivity index (χ3n) is 2.61. The number of carbonyl (C=O) groups excluding carboxylic acids is 1. The van der Waals surface area contributed by atoms with Gasteiger partial charge in [-0.15, -0.1) is 0 Å². The molecule has 2 aromatic rings. The Morgan fingerprint density at radius 3 is 2.82 bits per heavy atom. The third-order valence-corrected chi connectivity index (χ3v) is 3.11. The smallest absolute Gasteiger partial charge is 0.170 e. The van der Waals surface area contributed by atoms with Gasteiger partial charge in [0.25, 0.3) is 0 Å². The van der Waals surface area contributed by atoms with E-state index in [1.807, 2.05) is 25.1 Å². The zero-order chi connectivity index (χ0) is 12.4. The number of aryl methyl sites for hydroxylation is 2. The molecular formula is C12H12BrN3O. The van der Waals surface area contributed by atoms with Gasteiger partial charge in [-0.3, -0.25) is 9.48 Å². The fourth-order valence-corrected chi connectivity index (χ4v) is 2.13. The monoisotopic (exact) mass is 293 g/mol. The van der Waals surface area contributed by atoms with E-state index in [1.54, 1.807) is 11.7 Å². The lowest BCUT2D eigenvalue weighted by Crippen LogP contribution is -2.10. The normalized spacial score (nSPS) is 10.5. The third kappa shape index (κ3) is 2.61. The lowest BCUT2D eigenvalue weighted by atomic mass is 10.0. The minimum absolute atomic E-state index is 0.0612. The van der Waals surface area contributed by atoms with E-state index in [0.29, 0.717) is 5.82 Å². The summed E-state index contributed by atoms with van der Waals surface area (Å²) in [4.78, 5) is 16.2. The van der Waals surface area contributed by atoms with Gasteiger partial charge in [0.2, 0.25) is 0 Å². The Morgan fingerprint density at radius 1 is 1.47 bits per heavy atom. The molecule has 0 saturated carbocycles. The Bertz CT molecular complexity index is 563. The summed E-state index contributed by atoms with van der Waals surface area (Å²) in [5, 5.41) is 3.95. The zero-order valence-electron chi connectivity index (χ0n) is 9.64. The maximum Gasteiger partial charge on any atom is 0.170 e. The summed E-state index contributed by atoms with van der Waals surface area (Å²) in [6.45, 7) is 1.93. The molecule has 0 bridgehead atoms. The van der Waals surface area contributed by atoms with Gasteiger partial charge in [0.1, 0.15) is 12.2 Å².